The van der Waals surface area contributed by atoms with E-state index >= 15 is 0 Å². The van der Waals surface area contributed by atoms with Crippen LogP contribution in [0.15, 0.2) is 12.1 Å². The van der Waals surface area contributed by atoms with E-state index < -0.39 is 6.10 Å². The van der Waals surface area contributed by atoms with Gasteiger partial charge >= 0.3 is 0 Å². The highest BCUT2D eigenvalue weighted by atomic mass is 35.5. The molecule has 0 saturated carbocycles. The fraction of sp³-hybridized carbons (Fsp3) is 0.538. The summed E-state index contributed by atoms with van der Waals surface area (Å²) >= 11 is 6.11. The van der Waals surface area contributed by atoms with Crippen LogP contribution in [-0.4, -0.2) is 18.3 Å². The molecule has 0 radical (unpaired) electrons. The van der Waals surface area contributed by atoms with Gasteiger partial charge in [-0.3, -0.25) is 0 Å². The normalized spacial score (nSPS) is 16.1. The van der Waals surface area contributed by atoms with Crippen molar-refractivity contribution >= 4 is 11.6 Å². The third-order valence-electron chi connectivity index (χ3n) is 2.70. The molecule has 1 aliphatic heterocycles. The van der Waals surface area contributed by atoms with Crippen molar-refractivity contribution in [3.8, 4) is 11.5 Å². The number of halogens is 1. The van der Waals surface area contributed by atoms with Gasteiger partial charge < -0.3 is 14.6 Å². The Morgan fingerprint density at radius 2 is 2.00 bits per heavy atom. The lowest BCUT2D eigenvalue weighted by molar-refractivity contribution is 0.147. The highest BCUT2D eigenvalue weighted by Crippen LogP contribution is 2.40. The molecule has 0 spiro atoms. The van der Waals surface area contributed by atoms with Crippen molar-refractivity contribution in [3.05, 3.63) is 22.7 Å². The predicted octanol–water partition coefficient (Wildman–Crippen LogP) is 3.19. The fourth-order valence-electron chi connectivity index (χ4n) is 1.91. The SMILES string of the molecule is CC(C)CC(O)c1cc(Cl)c2c(c1)OCCO2. The second-order valence-electron chi connectivity index (χ2n) is 4.67. The number of benzene rings is 1. The lowest BCUT2D eigenvalue weighted by atomic mass is 9.99. The summed E-state index contributed by atoms with van der Waals surface area (Å²) < 4.78 is 10.9. The Kier molecular flexibility index (Phi) is 3.79. The molecule has 3 nitrogen and oxygen atoms in total. The number of ether oxygens (including phenoxy) is 2. The number of aliphatic hydroxyl groups is 1. The van der Waals surface area contributed by atoms with Crippen LogP contribution in [0.3, 0.4) is 0 Å². The average Bonchev–Trinajstić information content (AvgIpc) is 2.28. The zero-order valence-corrected chi connectivity index (χ0v) is 10.8. The van der Waals surface area contributed by atoms with Crippen LogP contribution in [0.25, 0.3) is 0 Å². The van der Waals surface area contributed by atoms with E-state index in [9.17, 15) is 5.11 Å². The molecule has 0 saturated heterocycles. The van der Waals surface area contributed by atoms with Crippen LogP contribution in [-0.2, 0) is 0 Å². The molecule has 0 amide bonds. The van der Waals surface area contributed by atoms with Crippen LogP contribution in [0.4, 0.5) is 0 Å². The Hall–Kier alpha value is -0.930. The van der Waals surface area contributed by atoms with Crippen LogP contribution in [0.5, 0.6) is 11.5 Å². The van der Waals surface area contributed by atoms with Crippen molar-refractivity contribution in [3.63, 3.8) is 0 Å². The fourth-order valence-corrected chi connectivity index (χ4v) is 2.18. The minimum Gasteiger partial charge on any atom is -0.486 e. The van der Waals surface area contributed by atoms with Gasteiger partial charge in [-0.2, -0.15) is 0 Å². The van der Waals surface area contributed by atoms with Gasteiger partial charge in [0, 0.05) is 0 Å². The maximum absolute atomic E-state index is 10.1. The van der Waals surface area contributed by atoms with Crippen molar-refractivity contribution < 1.29 is 14.6 Å². The van der Waals surface area contributed by atoms with Gasteiger partial charge in [-0.05, 0) is 30.0 Å². The van der Waals surface area contributed by atoms with Gasteiger partial charge in [0.25, 0.3) is 0 Å². The Morgan fingerprint density at radius 3 is 2.71 bits per heavy atom. The first kappa shape index (κ1) is 12.5. The predicted molar refractivity (Wildman–Crippen MR) is 66.9 cm³/mol. The first-order chi connectivity index (χ1) is 8.08. The molecule has 1 unspecified atom stereocenters. The van der Waals surface area contributed by atoms with Crippen molar-refractivity contribution in [2.24, 2.45) is 5.92 Å². The maximum Gasteiger partial charge on any atom is 0.179 e. The second-order valence-corrected chi connectivity index (χ2v) is 5.08. The summed E-state index contributed by atoms with van der Waals surface area (Å²) in [7, 11) is 0. The zero-order chi connectivity index (χ0) is 12.4. The molecule has 1 aliphatic rings. The third kappa shape index (κ3) is 2.85. The van der Waals surface area contributed by atoms with Gasteiger partial charge in [-0.25, -0.2) is 0 Å². The molecule has 2 rings (SSSR count). The number of aliphatic hydroxyl groups excluding tert-OH is 1. The van der Waals surface area contributed by atoms with E-state index in [1.165, 1.54) is 0 Å². The van der Waals surface area contributed by atoms with Crippen molar-refractivity contribution in [1.82, 2.24) is 0 Å². The minimum atomic E-state index is -0.511. The van der Waals surface area contributed by atoms with Crippen LogP contribution in [0.2, 0.25) is 5.02 Å². The van der Waals surface area contributed by atoms with E-state index in [0.717, 1.165) is 5.56 Å². The quantitative estimate of drug-likeness (QED) is 0.903. The largest absolute Gasteiger partial charge is 0.486 e. The molecule has 1 aromatic carbocycles. The maximum atomic E-state index is 10.1. The third-order valence-corrected chi connectivity index (χ3v) is 2.98. The summed E-state index contributed by atoms with van der Waals surface area (Å²) in [5.74, 6) is 1.64. The topological polar surface area (TPSA) is 38.7 Å². The molecule has 0 aliphatic carbocycles. The summed E-state index contributed by atoms with van der Waals surface area (Å²) in [6, 6.07) is 3.57. The van der Waals surface area contributed by atoms with Crippen LogP contribution in [0, 0.1) is 5.92 Å². The van der Waals surface area contributed by atoms with E-state index in [0.29, 0.717) is 42.1 Å². The first-order valence-electron chi connectivity index (χ1n) is 5.85. The molecule has 1 aromatic rings. The van der Waals surface area contributed by atoms with E-state index in [2.05, 4.69) is 13.8 Å². The Balaban J connectivity index is 2.27. The molecule has 1 heterocycles. The Bertz CT molecular complexity index is 404. The second kappa shape index (κ2) is 5.15. The molecule has 1 atom stereocenters. The van der Waals surface area contributed by atoms with E-state index in [4.69, 9.17) is 21.1 Å². The number of hydrogen-bond donors (Lipinski definition) is 1. The van der Waals surface area contributed by atoms with Crippen molar-refractivity contribution in [1.29, 1.82) is 0 Å². The van der Waals surface area contributed by atoms with Gasteiger partial charge in [0.05, 0.1) is 11.1 Å². The number of rotatable bonds is 3. The number of hydrogen-bond acceptors (Lipinski definition) is 3. The van der Waals surface area contributed by atoms with E-state index in [-0.39, 0.29) is 0 Å². The lowest BCUT2D eigenvalue weighted by Gasteiger charge is -2.22. The highest BCUT2D eigenvalue weighted by Gasteiger charge is 2.19. The van der Waals surface area contributed by atoms with Gasteiger partial charge in [0.2, 0.25) is 0 Å². The average molecular weight is 257 g/mol. The van der Waals surface area contributed by atoms with Gasteiger partial charge in [-0.15, -0.1) is 0 Å². The Labute approximate surface area is 106 Å². The minimum absolute atomic E-state index is 0.428. The summed E-state index contributed by atoms with van der Waals surface area (Å²) in [4.78, 5) is 0. The monoisotopic (exact) mass is 256 g/mol. The van der Waals surface area contributed by atoms with E-state index in [1.807, 2.05) is 6.07 Å². The molecule has 94 valence electrons. The number of fused-ring (bicyclic) bond motifs is 1. The van der Waals surface area contributed by atoms with E-state index in [1.54, 1.807) is 6.07 Å². The molecule has 17 heavy (non-hydrogen) atoms. The smallest absolute Gasteiger partial charge is 0.179 e. The zero-order valence-electron chi connectivity index (χ0n) is 10.1. The van der Waals surface area contributed by atoms with Crippen molar-refractivity contribution in [2.45, 2.75) is 26.4 Å². The molecular formula is C13H17ClO3. The summed E-state index contributed by atoms with van der Waals surface area (Å²) in [6.07, 6.45) is 0.194. The first-order valence-corrected chi connectivity index (χ1v) is 6.23. The van der Waals surface area contributed by atoms with Gasteiger partial charge in [-0.1, -0.05) is 25.4 Å². The van der Waals surface area contributed by atoms with Crippen LogP contribution in [0.1, 0.15) is 31.9 Å². The van der Waals surface area contributed by atoms with Gasteiger partial charge in [0.1, 0.15) is 13.2 Å². The summed E-state index contributed by atoms with van der Waals surface area (Å²) in [5.41, 5.74) is 0.785. The molecule has 0 aromatic heterocycles. The molecule has 4 heteroatoms. The standard InChI is InChI=1S/C13H17ClO3/c1-8(2)5-11(15)9-6-10(14)13-12(7-9)16-3-4-17-13/h6-8,11,15H,3-5H2,1-2H3. The summed E-state index contributed by atoms with van der Waals surface area (Å²) in [5, 5.41) is 10.6. The van der Waals surface area contributed by atoms with Crippen LogP contribution >= 0.6 is 11.6 Å². The Morgan fingerprint density at radius 1 is 1.29 bits per heavy atom. The molecule has 0 fully saturated rings. The van der Waals surface area contributed by atoms with Gasteiger partial charge in [0.15, 0.2) is 11.5 Å². The lowest BCUT2D eigenvalue weighted by Crippen LogP contribution is -2.16. The summed E-state index contributed by atoms with van der Waals surface area (Å²) in [6.45, 7) is 5.18. The van der Waals surface area contributed by atoms with Crippen molar-refractivity contribution in [2.75, 3.05) is 13.2 Å². The highest BCUT2D eigenvalue weighted by molar-refractivity contribution is 6.32. The molecular weight excluding hydrogens is 240 g/mol. The van der Waals surface area contributed by atoms with Crippen LogP contribution < -0.4 is 9.47 Å². The molecule has 0 bridgehead atoms. The molecule has 1 N–H and O–H groups in total.